The smallest absolute Gasteiger partial charge is 0.191 e. The Morgan fingerprint density at radius 3 is 2.37 bits per heavy atom. The van der Waals surface area contributed by atoms with Crippen molar-refractivity contribution in [3.8, 4) is 0 Å². The molecule has 1 aromatic rings. The summed E-state index contributed by atoms with van der Waals surface area (Å²) in [5, 5.41) is 6.75. The third-order valence-electron chi connectivity index (χ3n) is 5.69. The molecule has 0 aliphatic carbocycles. The Morgan fingerprint density at radius 1 is 1.07 bits per heavy atom. The zero-order valence-electron chi connectivity index (χ0n) is 17.9. The summed E-state index contributed by atoms with van der Waals surface area (Å²) in [7, 11) is -2.82. The molecule has 9 heteroatoms. The van der Waals surface area contributed by atoms with E-state index in [0.717, 1.165) is 45.2 Å². The summed E-state index contributed by atoms with van der Waals surface area (Å²) in [6, 6.07) is 11.0. The number of benzene rings is 1. The van der Waals surface area contributed by atoms with E-state index in [4.69, 9.17) is 4.99 Å². The number of aliphatic imine (C=N–C) groups is 1. The first-order chi connectivity index (χ1) is 14.1. The Hall–Kier alpha value is -0.910. The molecule has 1 unspecified atom stereocenters. The van der Waals surface area contributed by atoms with Crippen molar-refractivity contribution in [2.45, 2.75) is 25.8 Å². The van der Waals surface area contributed by atoms with Gasteiger partial charge in [0.05, 0.1) is 24.1 Å². The van der Waals surface area contributed by atoms with Crippen LogP contribution in [0.25, 0.3) is 0 Å². The highest BCUT2D eigenvalue weighted by atomic mass is 127. The van der Waals surface area contributed by atoms with E-state index in [1.807, 2.05) is 0 Å². The van der Waals surface area contributed by atoms with E-state index >= 15 is 0 Å². The molecule has 3 rings (SSSR count). The summed E-state index contributed by atoms with van der Waals surface area (Å²) >= 11 is 0. The lowest BCUT2D eigenvalue weighted by Crippen LogP contribution is -2.46. The predicted molar refractivity (Wildman–Crippen MR) is 134 cm³/mol. The van der Waals surface area contributed by atoms with Crippen LogP contribution in [0.1, 0.15) is 31.4 Å². The van der Waals surface area contributed by atoms with Gasteiger partial charge in [-0.15, -0.1) is 24.0 Å². The molecular formula is C21H36IN5O2S. The van der Waals surface area contributed by atoms with Gasteiger partial charge in [0.1, 0.15) is 0 Å². The summed E-state index contributed by atoms with van der Waals surface area (Å²) in [4.78, 5) is 9.62. The molecule has 2 aliphatic rings. The molecule has 0 amide bonds. The van der Waals surface area contributed by atoms with Crippen molar-refractivity contribution in [3.05, 3.63) is 35.9 Å². The van der Waals surface area contributed by atoms with Crippen LogP contribution in [-0.2, 0) is 9.84 Å². The molecule has 0 spiro atoms. The van der Waals surface area contributed by atoms with Crippen molar-refractivity contribution in [1.29, 1.82) is 0 Å². The Morgan fingerprint density at radius 2 is 1.73 bits per heavy atom. The van der Waals surface area contributed by atoms with Gasteiger partial charge in [0, 0.05) is 32.7 Å². The highest BCUT2D eigenvalue weighted by molar-refractivity contribution is 14.0. The number of halogens is 1. The quantitative estimate of drug-likeness (QED) is 0.292. The van der Waals surface area contributed by atoms with Gasteiger partial charge in [-0.25, -0.2) is 8.42 Å². The zero-order chi connectivity index (χ0) is 20.5. The predicted octanol–water partition coefficient (Wildman–Crippen LogP) is 1.73. The molecule has 2 saturated heterocycles. The lowest BCUT2D eigenvalue weighted by atomic mass is 10.1. The highest BCUT2D eigenvalue weighted by Crippen LogP contribution is 2.25. The van der Waals surface area contributed by atoms with Crippen LogP contribution in [0.3, 0.4) is 0 Å². The van der Waals surface area contributed by atoms with Gasteiger partial charge in [-0.3, -0.25) is 14.8 Å². The molecule has 2 N–H and O–H groups in total. The number of likely N-dealkylation sites (tertiary alicyclic amines) is 1. The van der Waals surface area contributed by atoms with Crippen LogP contribution >= 0.6 is 24.0 Å². The summed E-state index contributed by atoms with van der Waals surface area (Å²) in [5.74, 6) is 1.38. The van der Waals surface area contributed by atoms with Crippen LogP contribution in [0.15, 0.2) is 35.3 Å². The third-order valence-corrected chi connectivity index (χ3v) is 7.30. The Bertz CT molecular complexity index is 740. The van der Waals surface area contributed by atoms with Gasteiger partial charge in [0.2, 0.25) is 0 Å². The second-order valence-electron chi connectivity index (χ2n) is 7.81. The second-order valence-corrected chi connectivity index (χ2v) is 10.1. The normalized spacial score (nSPS) is 21.0. The summed E-state index contributed by atoms with van der Waals surface area (Å²) in [6.07, 6.45) is 2.52. The number of nitrogens with zero attached hydrogens (tertiary/aromatic N) is 3. The van der Waals surface area contributed by atoms with Crippen molar-refractivity contribution >= 4 is 39.8 Å². The summed E-state index contributed by atoms with van der Waals surface area (Å²) < 4.78 is 23.1. The maximum Gasteiger partial charge on any atom is 0.191 e. The number of hydrogen-bond acceptors (Lipinski definition) is 5. The van der Waals surface area contributed by atoms with Crippen LogP contribution in [0.2, 0.25) is 0 Å². The fourth-order valence-corrected chi connectivity index (χ4v) is 5.26. The molecular weight excluding hydrogens is 513 g/mol. The van der Waals surface area contributed by atoms with Crippen LogP contribution in [-0.4, -0.2) is 88.0 Å². The van der Waals surface area contributed by atoms with Gasteiger partial charge in [-0.1, -0.05) is 30.3 Å². The Labute approximate surface area is 198 Å². The first kappa shape index (κ1) is 25.4. The number of hydrogen-bond donors (Lipinski definition) is 2. The highest BCUT2D eigenvalue weighted by Gasteiger charge is 2.23. The number of nitrogens with one attached hydrogen (secondary N) is 2. The summed E-state index contributed by atoms with van der Waals surface area (Å²) in [5.41, 5.74) is 1.32. The SMILES string of the molecule is CCNC(=NCC(c1ccccc1)N1CCCC1)NCCN1CCS(=O)(=O)CC1.I. The average molecular weight is 550 g/mol. The molecule has 1 aromatic carbocycles. The maximum atomic E-state index is 11.6. The van der Waals surface area contributed by atoms with E-state index in [1.54, 1.807) is 0 Å². The van der Waals surface area contributed by atoms with Crippen molar-refractivity contribution < 1.29 is 8.42 Å². The van der Waals surface area contributed by atoms with Gasteiger partial charge in [0.25, 0.3) is 0 Å². The minimum atomic E-state index is -2.82. The van der Waals surface area contributed by atoms with E-state index < -0.39 is 9.84 Å². The first-order valence-electron chi connectivity index (χ1n) is 10.8. The standard InChI is InChI=1S/C21H35N5O2S.HI/c1-2-22-21(23-10-13-25-14-16-29(27,28)17-15-25)24-18-20(26-11-6-7-12-26)19-8-4-3-5-9-19;/h3-5,8-9,20H,2,6-7,10-18H2,1H3,(H2,22,23,24);1H. The number of rotatable bonds is 8. The topological polar surface area (TPSA) is 77.0 Å². The Balaban J connectivity index is 0.00000320. The van der Waals surface area contributed by atoms with Crippen molar-refractivity contribution in [3.63, 3.8) is 0 Å². The maximum absolute atomic E-state index is 11.6. The van der Waals surface area contributed by atoms with Gasteiger partial charge in [-0.05, 0) is 38.4 Å². The van der Waals surface area contributed by atoms with Gasteiger partial charge >= 0.3 is 0 Å². The molecule has 0 bridgehead atoms. The molecule has 0 aromatic heterocycles. The monoisotopic (exact) mass is 549 g/mol. The average Bonchev–Trinajstić information content (AvgIpc) is 3.25. The summed E-state index contributed by atoms with van der Waals surface area (Å²) in [6.45, 7) is 8.72. The van der Waals surface area contributed by atoms with Gasteiger partial charge in [0.15, 0.2) is 15.8 Å². The fourth-order valence-electron chi connectivity index (χ4n) is 3.99. The lowest BCUT2D eigenvalue weighted by Gasteiger charge is -2.28. The van der Waals surface area contributed by atoms with Crippen molar-refractivity contribution in [1.82, 2.24) is 20.4 Å². The second kappa shape index (κ2) is 12.8. The van der Waals surface area contributed by atoms with Crippen molar-refractivity contribution in [2.24, 2.45) is 4.99 Å². The molecule has 170 valence electrons. The van der Waals surface area contributed by atoms with Gasteiger partial charge in [-0.2, -0.15) is 0 Å². The van der Waals surface area contributed by atoms with Crippen molar-refractivity contribution in [2.75, 3.05) is 63.9 Å². The number of sulfone groups is 1. The van der Waals surface area contributed by atoms with Crippen LogP contribution < -0.4 is 10.6 Å². The van der Waals surface area contributed by atoms with E-state index in [0.29, 0.717) is 19.1 Å². The van der Waals surface area contributed by atoms with E-state index in [9.17, 15) is 8.42 Å². The van der Waals surface area contributed by atoms with E-state index in [-0.39, 0.29) is 35.5 Å². The van der Waals surface area contributed by atoms with Crippen LogP contribution in [0.5, 0.6) is 0 Å². The molecule has 2 fully saturated rings. The Kier molecular flexibility index (Phi) is 10.8. The molecule has 30 heavy (non-hydrogen) atoms. The molecule has 1 atom stereocenters. The first-order valence-corrected chi connectivity index (χ1v) is 12.6. The van der Waals surface area contributed by atoms with E-state index in [1.165, 1.54) is 18.4 Å². The fraction of sp³-hybridized carbons (Fsp3) is 0.667. The largest absolute Gasteiger partial charge is 0.357 e. The molecule has 2 heterocycles. The molecule has 2 aliphatic heterocycles. The third kappa shape index (κ3) is 7.97. The zero-order valence-corrected chi connectivity index (χ0v) is 21.1. The molecule has 0 radical (unpaired) electrons. The van der Waals surface area contributed by atoms with Crippen LogP contribution in [0, 0.1) is 0 Å². The molecule has 7 nitrogen and oxygen atoms in total. The molecule has 0 saturated carbocycles. The van der Waals surface area contributed by atoms with Crippen LogP contribution in [0.4, 0.5) is 0 Å². The minimum Gasteiger partial charge on any atom is -0.357 e. The lowest BCUT2D eigenvalue weighted by molar-refractivity contribution is 0.251. The van der Waals surface area contributed by atoms with Gasteiger partial charge < -0.3 is 10.6 Å². The number of guanidine groups is 1. The minimum absolute atomic E-state index is 0. The van der Waals surface area contributed by atoms with E-state index in [2.05, 4.69) is 57.7 Å².